The van der Waals surface area contributed by atoms with Crippen molar-refractivity contribution < 1.29 is 9.90 Å². The number of halogens is 1. The lowest BCUT2D eigenvalue weighted by Crippen LogP contribution is -2.53. The van der Waals surface area contributed by atoms with Crippen LogP contribution in [0.4, 0.5) is 5.82 Å². The molecule has 0 radical (unpaired) electrons. The van der Waals surface area contributed by atoms with Gasteiger partial charge in [0, 0.05) is 47.8 Å². The number of anilines is 1. The molecular weight excluding hydrogens is 506 g/mol. The fourth-order valence-corrected chi connectivity index (χ4v) is 6.55. The average molecular weight is 543 g/mol. The minimum atomic E-state index is -0.913. The molecule has 2 aromatic rings. The maximum absolute atomic E-state index is 13.9. The number of hydrogen-bond donors (Lipinski definition) is 2. The molecule has 8 heteroatoms. The second-order valence-corrected chi connectivity index (χ2v) is 12.3. The third-order valence-corrected chi connectivity index (χ3v) is 8.54. The molecule has 5 rings (SSSR count). The number of nitrogens with one attached hydrogen (secondary N) is 1. The number of nitrogens with zero attached hydrogens (tertiary/aromatic N) is 4. The van der Waals surface area contributed by atoms with Crippen molar-refractivity contribution in [3.05, 3.63) is 51.9 Å². The minimum Gasteiger partial charge on any atom is -0.384 e. The van der Waals surface area contributed by atoms with Crippen LogP contribution < -0.4 is 10.2 Å². The normalized spacial score (nSPS) is 28.7. The Morgan fingerprint density at radius 2 is 1.83 bits per heavy atom. The number of amides is 1. The molecule has 2 N–H and O–H groups in total. The van der Waals surface area contributed by atoms with Gasteiger partial charge in [0.15, 0.2) is 0 Å². The maximum Gasteiger partial charge on any atom is 0.231 e. The molecule has 0 saturated carbocycles. The van der Waals surface area contributed by atoms with E-state index in [0.717, 1.165) is 53.0 Å². The van der Waals surface area contributed by atoms with E-state index in [9.17, 15) is 9.90 Å². The van der Waals surface area contributed by atoms with Gasteiger partial charge in [-0.1, -0.05) is 35.0 Å². The lowest BCUT2D eigenvalue weighted by Gasteiger charge is -2.39. The van der Waals surface area contributed by atoms with E-state index in [0.29, 0.717) is 19.5 Å². The number of benzene rings is 1. The fraction of sp³-hybridized carbons (Fsp3) is 0.593. The monoisotopic (exact) mass is 541 g/mol. The van der Waals surface area contributed by atoms with Crippen LogP contribution in [-0.2, 0) is 10.4 Å². The van der Waals surface area contributed by atoms with E-state index in [1.807, 2.05) is 24.0 Å². The molecule has 7 nitrogen and oxygen atoms in total. The molecule has 2 aliphatic heterocycles. The zero-order valence-corrected chi connectivity index (χ0v) is 22.7. The van der Waals surface area contributed by atoms with E-state index in [2.05, 4.69) is 69.0 Å². The SMILES string of the molecule is C[C@@H]1C[C@@](C)(O)c2ncnc(N3CCN(C(=O)C(c4ccc(Br)cc4)C4CCC(C)(C)N4)CC3)c21. The lowest BCUT2D eigenvalue weighted by atomic mass is 9.89. The number of piperazine rings is 1. The van der Waals surface area contributed by atoms with Gasteiger partial charge in [-0.3, -0.25) is 4.79 Å². The molecule has 35 heavy (non-hydrogen) atoms. The summed E-state index contributed by atoms with van der Waals surface area (Å²) in [6.45, 7) is 11.2. The van der Waals surface area contributed by atoms with Crippen LogP contribution in [0.5, 0.6) is 0 Å². The third-order valence-electron chi connectivity index (χ3n) is 8.01. The molecule has 1 aromatic carbocycles. The smallest absolute Gasteiger partial charge is 0.231 e. The molecule has 2 unspecified atom stereocenters. The Morgan fingerprint density at radius 1 is 1.14 bits per heavy atom. The van der Waals surface area contributed by atoms with E-state index in [-0.39, 0.29) is 29.3 Å². The zero-order chi connectivity index (χ0) is 25.0. The molecule has 1 aromatic heterocycles. The predicted molar refractivity (Wildman–Crippen MR) is 141 cm³/mol. The van der Waals surface area contributed by atoms with Crippen molar-refractivity contribution in [2.75, 3.05) is 31.1 Å². The molecule has 188 valence electrons. The summed E-state index contributed by atoms with van der Waals surface area (Å²) in [6, 6.07) is 8.34. The second-order valence-electron chi connectivity index (χ2n) is 11.4. The van der Waals surface area contributed by atoms with Gasteiger partial charge in [0.25, 0.3) is 0 Å². The van der Waals surface area contributed by atoms with Crippen molar-refractivity contribution in [1.29, 1.82) is 0 Å². The Bertz CT molecular complexity index is 1100. The summed E-state index contributed by atoms with van der Waals surface area (Å²) in [6.07, 6.45) is 4.28. The number of aliphatic hydroxyl groups is 1. The number of carbonyl (C=O) groups is 1. The molecule has 0 spiro atoms. The fourth-order valence-electron chi connectivity index (χ4n) is 6.28. The highest BCUT2D eigenvalue weighted by Gasteiger charge is 2.43. The molecule has 2 fully saturated rings. The van der Waals surface area contributed by atoms with Crippen LogP contribution in [0.1, 0.15) is 75.6 Å². The molecule has 4 atom stereocenters. The molecule has 3 aliphatic rings. The summed E-state index contributed by atoms with van der Waals surface area (Å²) in [4.78, 5) is 27.3. The zero-order valence-electron chi connectivity index (χ0n) is 21.1. The first-order valence-corrected chi connectivity index (χ1v) is 13.5. The third kappa shape index (κ3) is 4.72. The second kappa shape index (κ2) is 9.12. The highest BCUT2D eigenvalue weighted by atomic mass is 79.9. The number of aromatic nitrogens is 2. The van der Waals surface area contributed by atoms with E-state index in [1.54, 1.807) is 6.33 Å². The summed E-state index contributed by atoms with van der Waals surface area (Å²) in [5.74, 6) is 1.12. The Balaban J connectivity index is 1.34. The molecule has 0 bridgehead atoms. The topological polar surface area (TPSA) is 81.6 Å². The maximum atomic E-state index is 13.9. The van der Waals surface area contributed by atoms with Gasteiger partial charge in [0.1, 0.15) is 17.7 Å². The van der Waals surface area contributed by atoms with Gasteiger partial charge in [0.2, 0.25) is 5.91 Å². The van der Waals surface area contributed by atoms with E-state index in [4.69, 9.17) is 0 Å². The Hall–Kier alpha value is -2.03. The van der Waals surface area contributed by atoms with Crippen molar-refractivity contribution in [2.24, 2.45) is 0 Å². The van der Waals surface area contributed by atoms with Crippen molar-refractivity contribution >= 4 is 27.7 Å². The number of carbonyl (C=O) groups excluding carboxylic acids is 1. The number of hydrogen-bond acceptors (Lipinski definition) is 6. The van der Waals surface area contributed by atoms with E-state index < -0.39 is 5.60 Å². The minimum absolute atomic E-state index is 0.0442. The number of fused-ring (bicyclic) bond motifs is 1. The van der Waals surface area contributed by atoms with E-state index in [1.165, 1.54) is 0 Å². The molecular formula is C27H36BrN5O2. The van der Waals surface area contributed by atoms with Gasteiger partial charge < -0.3 is 20.2 Å². The molecule has 2 saturated heterocycles. The van der Waals surface area contributed by atoms with Crippen molar-refractivity contribution in [1.82, 2.24) is 20.2 Å². The van der Waals surface area contributed by atoms with Gasteiger partial charge in [-0.05, 0) is 63.6 Å². The van der Waals surface area contributed by atoms with Crippen LogP contribution in [0.15, 0.2) is 35.1 Å². The van der Waals surface area contributed by atoms with Crippen LogP contribution in [-0.4, -0.2) is 63.6 Å². The molecule has 1 aliphatic carbocycles. The van der Waals surface area contributed by atoms with Gasteiger partial charge in [-0.25, -0.2) is 9.97 Å². The van der Waals surface area contributed by atoms with Crippen LogP contribution in [0, 0.1) is 0 Å². The van der Waals surface area contributed by atoms with E-state index >= 15 is 0 Å². The van der Waals surface area contributed by atoms with Gasteiger partial charge in [0.05, 0.1) is 11.6 Å². The van der Waals surface area contributed by atoms with Crippen molar-refractivity contribution in [3.8, 4) is 0 Å². The first-order valence-electron chi connectivity index (χ1n) is 12.7. The van der Waals surface area contributed by atoms with Crippen LogP contribution in [0.3, 0.4) is 0 Å². The first-order chi connectivity index (χ1) is 16.6. The Morgan fingerprint density at radius 3 is 2.46 bits per heavy atom. The highest BCUT2D eigenvalue weighted by molar-refractivity contribution is 9.10. The van der Waals surface area contributed by atoms with Crippen LogP contribution in [0.25, 0.3) is 0 Å². The largest absolute Gasteiger partial charge is 0.384 e. The number of rotatable bonds is 4. The van der Waals surface area contributed by atoms with Crippen molar-refractivity contribution in [2.45, 2.75) is 76.0 Å². The Labute approximate surface area is 216 Å². The first kappa shape index (κ1) is 24.7. The van der Waals surface area contributed by atoms with Crippen LogP contribution >= 0.6 is 15.9 Å². The summed E-state index contributed by atoms with van der Waals surface area (Å²) in [5.41, 5.74) is 2.01. The summed E-state index contributed by atoms with van der Waals surface area (Å²) >= 11 is 3.53. The Kier molecular flexibility index (Phi) is 6.43. The highest BCUT2D eigenvalue weighted by Crippen LogP contribution is 2.46. The molecule has 3 heterocycles. The summed E-state index contributed by atoms with van der Waals surface area (Å²) in [7, 11) is 0. The van der Waals surface area contributed by atoms with Gasteiger partial charge >= 0.3 is 0 Å². The lowest BCUT2D eigenvalue weighted by molar-refractivity contribution is -0.133. The van der Waals surface area contributed by atoms with Gasteiger partial charge in [-0.15, -0.1) is 0 Å². The van der Waals surface area contributed by atoms with Crippen molar-refractivity contribution in [3.63, 3.8) is 0 Å². The summed E-state index contributed by atoms with van der Waals surface area (Å²) < 4.78 is 1.02. The average Bonchev–Trinajstić information content (AvgIpc) is 3.30. The quantitative estimate of drug-likeness (QED) is 0.610. The standard InChI is InChI=1S/C27H36BrN5O2/c1-17-15-27(4,35)23-21(17)24(30-16-29-23)32-11-13-33(14-12-32)25(34)22(18-5-7-19(28)8-6-18)20-9-10-26(2,3)31-20/h5-8,16-17,20,22,31,35H,9-15H2,1-4H3/t17-,20?,22?,27-/m1/s1. The predicted octanol–water partition coefficient (Wildman–Crippen LogP) is 3.92. The summed E-state index contributed by atoms with van der Waals surface area (Å²) in [5, 5.41) is 14.5. The van der Waals surface area contributed by atoms with Crippen LogP contribution in [0.2, 0.25) is 0 Å². The molecule has 1 amide bonds. The van der Waals surface area contributed by atoms with Gasteiger partial charge in [-0.2, -0.15) is 0 Å².